The standard InChI is InChI=1S/C13H22N2O/c1-11(2)5-4-8-16-13-7-6-12(9-14-3)10-15-13/h6-7,10-11,14H,4-5,8-9H2,1-3H3. The lowest BCUT2D eigenvalue weighted by molar-refractivity contribution is 0.287. The van der Waals surface area contributed by atoms with Gasteiger partial charge in [0.05, 0.1) is 6.61 Å². The van der Waals surface area contributed by atoms with Crippen molar-refractivity contribution in [2.24, 2.45) is 5.92 Å². The average Bonchev–Trinajstić information content (AvgIpc) is 2.27. The van der Waals surface area contributed by atoms with Gasteiger partial charge in [-0.05, 0) is 31.4 Å². The molecule has 16 heavy (non-hydrogen) atoms. The predicted octanol–water partition coefficient (Wildman–Crippen LogP) is 2.62. The van der Waals surface area contributed by atoms with Crippen LogP contribution in [0, 0.1) is 5.92 Å². The van der Waals surface area contributed by atoms with E-state index in [1.54, 1.807) is 0 Å². The van der Waals surface area contributed by atoms with Crippen molar-refractivity contribution in [1.82, 2.24) is 10.3 Å². The third kappa shape index (κ3) is 5.12. The van der Waals surface area contributed by atoms with Crippen LogP contribution in [-0.4, -0.2) is 18.6 Å². The van der Waals surface area contributed by atoms with Crippen molar-refractivity contribution in [3.8, 4) is 5.88 Å². The number of pyridine rings is 1. The van der Waals surface area contributed by atoms with Crippen LogP contribution < -0.4 is 10.1 Å². The van der Waals surface area contributed by atoms with Gasteiger partial charge < -0.3 is 10.1 Å². The molecule has 0 unspecified atom stereocenters. The molecule has 1 aromatic heterocycles. The smallest absolute Gasteiger partial charge is 0.213 e. The zero-order valence-electron chi connectivity index (χ0n) is 10.5. The van der Waals surface area contributed by atoms with E-state index >= 15 is 0 Å². The minimum Gasteiger partial charge on any atom is -0.478 e. The second-order valence-electron chi connectivity index (χ2n) is 4.42. The second kappa shape index (κ2) is 7.23. The molecule has 0 saturated carbocycles. The molecule has 0 saturated heterocycles. The van der Waals surface area contributed by atoms with Crippen LogP contribution in [0.25, 0.3) is 0 Å². The summed E-state index contributed by atoms with van der Waals surface area (Å²) in [5.41, 5.74) is 1.18. The maximum atomic E-state index is 5.56. The number of nitrogens with one attached hydrogen (secondary N) is 1. The highest BCUT2D eigenvalue weighted by Gasteiger charge is 1.98. The number of hydrogen-bond acceptors (Lipinski definition) is 3. The van der Waals surface area contributed by atoms with E-state index in [1.165, 1.54) is 12.0 Å². The third-order valence-electron chi connectivity index (χ3n) is 2.35. The molecular weight excluding hydrogens is 200 g/mol. The van der Waals surface area contributed by atoms with Crippen LogP contribution in [0.5, 0.6) is 5.88 Å². The summed E-state index contributed by atoms with van der Waals surface area (Å²) in [7, 11) is 1.93. The molecule has 0 atom stereocenters. The number of rotatable bonds is 7. The Morgan fingerprint density at radius 3 is 2.75 bits per heavy atom. The Balaban J connectivity index is 2.26. The van der Waals surface area contributed by atoms with Crippen molar-refractivity contribution >= 4 is 0 Å². The van der Waals surface area contributed by atoms with Gasteiger partial charge in [-0.1, -0.05) is 19.9 Å². The van der Waals surface area contributed by atoms with E-state index in [0.717, 1.165) is 31.4 Å². The Morgan fingerprint density at radius 2 is 2.19 bits per heavy atom. The molecule has 0 radical (unpaired) electrons. The van der Waals surface area contributed by atoms with Gasteiger partial charge in [0.2, 0.25) is 5.88 Å². The van der Waals surface area contributed by atoms with E-state index in [2.05, 4.69) is 24.1 Å². The molecule has 1 N–H and O–H groups in total. The first kappa shape index (κ1) is 13.0. The summed E-state index contributed by atoms with van der Waals surface area (Å²) in [4.78, 5) is 4.25. The van der Waals surface area contributed by atoms with Gasteiger partial charge in [0.15, 0.2) is 0 Å². The van der Waals surface area contributed by atoms with Gasteiger partial charge in [-0.15, -0.1) is 0 Å². The summed E-state index contributed by atoms with van der Waals surface area (Å²) in [6.45, 7) is 6.06. The van der Waals surface area contributed by atoms with Gasteiger partial charge in [0.1, 0.15) is 0 Å². The Labute approximate surface area is 98.2 Å². The maximum absolute atomic E-state index is 5.56. The molecule has 1 aromatic rings. The van der Waals surface area contributed by atoms with Crippen molar-refractivity contribution in [2.75, 3.05) is 13.7 Å². The average molecular weight is 222 g/mol. The molecular formula is C13H22N2O. The monoisotopic (exact) mass is 222 g/mol. The van der Waals surface area contributed by atoms with Gasteiger partial charge in [0, 0.05) is 18.8 Å². The number of aromatic nitrogens is 1. The van der Waals surface area contributed by atoms with E-state index in [4.69, 9.17) is 4.74 Å². The quantitative estimate of drug-likeness (QED) is 0.720. The first-order valence-corrected chi connectivity index (χ1v) is 5.94. The summed E-state index contributed by atoms with van der Waals surface area (Å²) in [5.74, 6) is 1.47. The molecule has 0 fully saturated rings. The summed E-state index contributed by atoms with van der Waals surface area (Å²) >= 11 is 0. The molecule has 3 nitrogen and oxygen atoms in total. The number of nitrogens with zero attached hydrogens (tertiary/aromatic N) is 1. The summed E-state index contributed by atoms with van der Waals surface area (Å²) in [6.07, 6.45) is 4.16. The molecule has 90 valence electrons. The first-order chi connectivity index (χ1) is 7.72. The third-order valence-corrected chi connectivity index (χ3v) is 2.35. The topological polar surface area (TPSA) is 34.1 Å². The number of ether oxygens (including phenoxy) is 1. The van der Waals surface area contributed by atoms with Crippen molar-refractivity contribution in [2.45, 2.75) is 33.2 Å². The molecule has 0 aliphatic heterocycles. The predicted molar refractivity (Wildman–Crippen MR) is 66.6 cm³/mol. The van der Waals surface area contributed by atoms with E-state index < -0.39 is 0 Å². The Kier molecular flexibility index (Phi) is 5.86. The molecule has 0 aliphatic carbocycles. The van der Waals surface area contributed by atoms with Crippen LogP contribution in [0.4, 0.5) is 0 Å². The second-order valence-corrected chi connectivity index (χ2v) is 4.42. The van der Waals surface area contributed by atoms with Gasteiger partial charge in [0.25, 0.3) is 0 Å². The van der Waals surface area contributed by atoms with E-state index in [0.29, 0.717) is 0 Å². The van der Waals surface area contributed by atoms with Crippen LogP contribution in [0.2, 0.25) is 0 Å². The molecule has 0 spiro atoms. The zero-order valence-corrected chi connectivity index (χ0v) is 10.5. The Morgan fingerprint density at radius 1 is 1.38 bits per heavy atom. The molecule has 0 aliphatic rings. The molecule has 1 rings (SSSR count). The normalized spacial score (nSPS) is 10.8. The Bertz CT molecular complexity index is 282. The van der Waals surface area contributed by atoms with Gasteiger partial charge in [-0.25, -0.2) is 4.98 Å². The fourth-order valence-corrected chi connectivity index (χ4v) is 1.47. The lowest BCUT2D eigenvalue weighted by Crippen LogP contribution is -2.06. The molecule has 0 amide bonds. The fourth-order valence-electron chi connectivity index (χ4n) is 1.47. The van der Waals surface area contributed by atoms with Gasteiger partial charge >= 0.3 is 0 Å². The minimum absolute atomic E-state index is 0.726. The van der Waals surface area contributed by atoms with Crippen LogP contribution in [0.15, 0.2) is 18.3 Å². The summed E-state index contributed by atoms with van der Waals surface area (Å²) < 4.78 is 5.56. The van der Waals surface area contributed by atoms with Crippen LogP contribution in [-0.2, 0) is 6.54 Å². The summed E-state index contributed by atoms with van der Waals surface area (Å²) in [5, 5.41) is 3.09. The van der Waals surface area contributed by atoms with Crippen LogP contribution >= 0.6 is 0 Å². The van der Waals surface area contributed by atoms with E-state index in [-0.39, 0.29) is 0 Å². The molecule has 3 heteroatoms. The van der Waals surface area contributed by atoms with Gasteiger partial charge in [-0.2, -0.15) is 0 Å². The molecule has 0 bridgehead atoms. The number of hydrogen-bond donors (Lipinski definition) is 1. The highest BCUT2D eigenvalue weighted by molar-refractivity contribution is 5.17. The van der Waals surface area contributed by atoms with Gasteiger partial charge in [-0.3, -0.25) is 0 Å². The van der Waals surface area contributed by atoms with Crippen LogP contribution in [0.3, 0.4) is 0 Å². The van der Waals surface area contributed by atoms with Crippen molar-refractivity contribution < 1.29 is 4.74 Å². The van der Waals surface area contributed by atoms with E-state index in [9.17, 15) is 0 Å². The SMILES string of the molecule is CNCc1ccc(OCCCC(C)C)nc1. The van der Waals surface area contributed by atoms with Crippen LogP contribution in [0.1, 0.15) is 32.3 Å². The van der Waals surface area contributed by atoms with E-state index in [1.807, 2.05) is 25.4 Å². The largest absolute Gasteiger partial charge is 0.478 e. The lowest BCUT2D eigenvalue weighted by Gasteiger charge is -2.07. The highest BCUT2D eigenvalue weighted by atomic mass is 16.5. The minimum atomic E-state index is 0.726. The van der Waals surface area contributed by atoms with Crippen molar-refractivity contribution in [3.05, 3.63) is 23.9 Å². The Hall–Kier alpha value is -1.09. The zero-order chi connectivity index (χ0) is 11.8. The maximum Gasteiger partial charge on any atom is 0.213 e. The fraction of sp³-hybridized carbons (Fsp3) is 0.615. The van der Waals surface area contributed by atoms with Crippen molar-refractivity contribution in [1.29, 1.82) is 0 Å². The highest BCUT2D eigenvalue weighted by Crippen LogP contribution is 2.09. The lowest BCUT2D eigenvalue weighted by atomic mass is 10.1. The summed E-state index contributed by atoms with van der Waals surface area (Å²) in [6, 6.07) is 3.98. The molecule has 0 aromatic carbocycles. The van der Waals surface area contributed by atoms with Crippen molar-refractivity contribution in [3.63, 3.8) is 0 Å². The molecule has 1 heterocycles. The first-order valence-electron chi connectivity index (χ1n) is 5.94.